The molecule has 96 valence electrons. The van der Waals surface area contributed by atoms with Gasteiger partial charge in [-0.05, 0) is 12.1 Å². The number of halogens is 4. The lowest BCUT2D eigenvalue weighted by Gasteiger charge is -2.10. The van der Waals surface area contributed by atoms with Crippen LogP contribution in [0.25, 0.3) is 0 Å². The molecule has 2 nitrogen and oxygen atoms in total. The van der Waals surface area contributed by atoms with Gasteiger partial charge in [-0.2, -0.15) is 5.26 Å². The van der Waals surface area contributed by atoms with E-state index in [-0.39, 0.29) is 22.0 Å². The predicted molar refractivity (Wildman–Crippen MR) is 65.8 cm³/mol. The highest BCUT2D eigenvalue weighted by atomic mass is 35.5. The Morgan fingerprint density at radius 1 is 1.00 bits per heavy atom. The number of benzene rings is 2. The molecule has 0 amide bonds. The average molecular weight is 283 g/mol. The van der Waals surface area contributed by atoms with Crippen molar-refractivity contribution in [2.45, 2.75) is 0 Å². The molecular weight excluding hydrogens is 277 g/mol. The molecule has 2 rings (SSSR count). The van der Waals surface area contributed by atoms with Crippen molar-refractivity contribution < 1.29 is 13.2 Å². The summed E-state index contributed by atoms with van der Waals surface area (Å²) in [4.78, 5) is 0. The van der Waals surface area contributed by atoms with Crippen molar-refractivity contribution in [3.63, 3.8) is 0 Å². The molecule has 0 fully saturated rings. The number of nitrogens with one attached hydrogen (secondary N) is 1. The zero-order valence-electron chi connectivity index (χ0n) is 9.35. The number of anilines is 2. The van der Waals surface area contributed by atoms with Crippen molar-refractivity contribution in [3.05, 3.63) is 58.4 Å². The Morgan fingerprint density at radius 3 is 2.37 bits per heavy atom. The average Bonchev–Trinajstić information content (AvgIpc) is 2.36. The summed E-state index contributed by atoms with van der Waals surface area (Å²) in [6, 6.07) is 7.46. The summed E-state index contributed by atoms with van der Waals surface area (Å²) in [5.41, 5.74) is 0.0193. The minimum Gasteiger partial charge on any atom is -0.352 e. The van der Waals surface area contributed by atoms with Crippen LogP contribution in [0.5, 0.6) is 0 Å². The molecule has 2 aromatic carbocycles. The Labute approximate surface area is 112 Å². The molecule has 6 heteroatoms. The molecule has 2 aromatic rings. The monoisotopic (exact) mass is 282 g/mol. The Morgan fingerprint density at radius 2 is 1.68 bits per heavy atom. The third-order valence-corrected chi connectivity index (χ3v) is 2.72. The number of hydrogen-bond donors (Lipinski definition) is 1. The Balaban J connectivity index is 2.45. The zero-order chi connectivity index (χ0) is 14.0. The van der Waals surface area contributed by atoms with Crippen LogP contribution in [0.4, 0.5) is 24.5 Å². The normalized spacial score (nSPS) is 10.1. The van der Waals surface area contributed by atoms with Crippen LogP contribution in [-0.2, 0) is 0 Å². The molecule has 0 aromatic heterocycles. The lowest BCUT2D eigenvalue weighted by atomic mass is 10.2. The minimum absolute atomic E-state index is 0.0910. The van der Waals surface area contributed by atoms with Gasteiger partial charge >= 0.3 is 0 Å². The molecule has 0 aliphatic carbocycles. The third kappa shape index (κ3) is 2.64. The summed E-state index contributed by atoms with van der Waals surface area (Å²) < 4.78 is 39.3. The molecule has 0 unspecified atom stereocenters. The molecule has 19 heavy (non-hydrogen) atoms. The molecule has 0 bridgehead atoms. The molecule has 0 atom stereocenters. The van der Waals surface area contributed by atoms with Gasteiger partial charge in [0.2, 0.25) is 0 Å². The highest BCUT2D eigenvalue weighted by Gasteiger charge is 2.12. The summed E-state index contributed by atoms with van der Waals surface area (Å²) in [7, 11) is 0. The molecule has 1 N–H and O–H groups in total. The largest absolute Gasteiger partial charge is 0.352 e. The maximum Gasteiger partial charge on any atom is 0.161 e. The van der Waals surface area contributed by atoms with Gasteiger partial charge in [0, 0.05) is 12.1 Å². The van der Waals surface area contributed by atoms with Crippen molar-refractivity contribution >= 4 is 23.0 Å². The molecule has 0 saturated carbocycles. The second kappa shape index (κ2) is 5.21. The van der Waals surface area contributed by atoms with Crippen LogP contribution >= 0.6 is 11.6 Å². The van der Waals surface area contributed by atoms with E-state index >= 15 is 0 Å². The minimum atomic E-state index is -1.28. The number of hydrogen-bond acceptors (Lipinski definition) is 2. The van der Waals surface area contributed by atoms with Gasteiger partial charge in [0.25, 0.3) is 0 Å². The lowest BCUT2D eigenvalue weighted by Crippen LogP contribution is -1.99. The van der Waals surface area contributed by atoms with Gasteiger partial charge in [0.05, 0.1) is 22.0 Å². The first kappa shape index (κ1) is 13.2. The van der Waals surface area contributed by atoms with Crippen LogP contribution in [0, 0.1) is 28.8 Å². The van der Waals surface area contributed by atoms with Gasteiger partial charge < -0.3 is 5.32 Å². The first-order valence-electron chi connectivity index (χ1n) is 5.13. The van der Waals surface area contributed by atoms with E-state index < -0.39 is 17.5 Å². The van der Waals surface area contributed by atoms with Crippen LogP contribution in [0.3, 0.4) is 0 Å². The van der Waals surface area contributed by atoms with E-state index in [1.54, 1.807) is 6.07 Å². The fraction of sp³-hybridized carbons (Fsp3) is 0. The van der Waals surface area contributed by atoms with Crippen molar-refractivity contribution in [1.82, 2.24) is 0 Å². The summed E-state index contributed by atoms with van der Waals surface area (Å²) >= 11 is 5.80. The predicted octanol–water partition coefficient (Wildman–Crippen LogP) is 4.37. The van der Waals surface area contributed by atoms with E-state index in [2.05, 4.69) is 5.32 Å². The number of rotatable bonds is 2. The van der Waals surface area contributed by atoms with E-state index in [4.69, 9.17) is 16.9 Å². The van der Waals surface area contributed by atoms with E-state index in [0.29, 0.717) is 12.1 Å². The highest BCUT2D eigenvalue weighted by molar-refractivity contribution is 6.32. The van der Waals surface area contributed by atoms with Gasteiger partial charge in [0.1, 0.15) is 11.9 Å². The van der Waals surface area contributed by atoms with Crippen molar-refractivity contribution in [2.75, 3.05) is 5.32 Å². The lowest BCUT2D eigenvalue weighted by molar-refractivity contribution is 0.496. The standard InChI is InChI=1S/C13H6ClF3N2/c14-8-2-1-3-12(7(8)6-18)19-13-5-10(16)9(15)4-11(13)17/h1-5,19H. The molecule has 0 aliphatic rings. The van der Waals surface area contributed by atoms with Crippen LogP contribution in [0.15, 0.2) is 30.3 Å². The van der Waals surface area contributed by atoms with Crippen LogP contribution < -0.4 is 5.32 Å². The van der Waals surface area contributed by atoms with E-state index in [1.165, 1.54) is 12.1 Å². The van der Waals surface area contributed by atoms with E-state index in [0.717, 1.165) is 0 Å². The molecule has 0 aliphatic heterocycles. The molecular formula is C13H6ClF3N2. The quantitative estimate of drug-likeness (QED) is 0.830. The second-order valence-electron chi connectivity index (χ2n) is 3.65. The SMILES string of the molecule is N#Cc1c(Cl)cccc1Nc1cc(F)c(F)cc1F. The Kier molecular flexibility index (Phi) is 3.63. The first-order chi connectivity index (χ1) is 9.02. The highest BCUT2D eigenvalue weighted by Crippen LogP contribution is 2.28. The van der Waals surface area contributed by atoms with Crippen LogP contribution in [0.2, 0.25) is 5.02 Å². The second-order valence-corrected chi connectivity index (χ2v) is 4.05. The van der Waals surface area contributed by atoms with Gasteiger partial charge in [0.15, 0.2) is 11.6 Å². The Hall–Kier alpha value is -2.19. The van der Waals surface area contributed by atoms with E-state index in [1.807, 2.05) is 6.07 Å². The van der Waals surface area contributed by atoms with Crippen LogP contribution in [-0.4, -0.2) is 0 Å². The summed E-state index contributed by atoms with van der Waals surface area (Å²) in [5.74, 6) is -3.44. The van der Waals surface area contributed by atoms with Gasteiger partial charge in [-0.15, -0.1) is 0 Å². The van der Waals surface area contributed by atoms with E-state index in [9.17, 15) is 13.2 Å². The maximum absolute atomic E-state index is 13.5. The summed E-state index contributed by atoms with van der Waals surface area (Å²) in [6.07, 6.45) is 0. The number of nitriles is 1. The van der Waals surface area contributed by atoms with Gasteiger partial charge in [-0.3, -0.25) is 0 Å². The molecule has 0 saturated heterocycles. The first-order valence-corrected chi connectivity index (χ1v) is 5.51. The fourth-order valence-electron chi connectivity index (χ4n) is 1.51. The van der Waals surface area contributed by atoms with Crippen molar-refractivity contribution in [2.24, 2.45) is 0 Å². The van der Waals surface area contributed by atoms with Crippen molar-refractivity contribution in [3.8, 4) is 6.07 Å². The molecule has 0 heterocycles. The third-order valence-electron chi connectivity index (χ3n) is 2.40. The fourth-order valence-corrected chi connectivity index (χ4v) is 1.72. The molecule has 0 radical (unpaired) electrons. The maximum atomic E-state index is 13.5. The Bertz CT molecular complexity index is 680. The summed E-state index contributed by atoms with van der Waals surface area (Å²) in [5, 5.41) is 11.6. The van der Waals surface area contributed by atoms with Gasteiger partial charge in [-0.25, -0.2) is 13.2 Å². The van der Waals surface area contributed by atoms with Gasteiger partial charge in [-0.1, -0.05) is 17.7 Å². The molecule has 0 spiro atoms. The topological polar surface area (TPSA) is 35.8 Å². The number of nitrogens with zero attached hydrogens (tertiary/aromatic N) is 1. The van der Waals surface area contributed by atoms with Crippen LogP contribution in [0.1, 0.15) is 5.56 Å². The summed E-state index contributed by atoms with van der Waals surface area (Å²) in [6.45, 7) is 0. The smallest absolute Gasteiger partial charge is 0.161 e. The zero-order valence-corrected chi connectivity index (χ0v) is 10.1. The van der Waals surface area contributed by atoms with Crippen molar-refractivity contribution in [1.29, 1.82) is 5.26 Å².